The zero-order valence-electron chi connectivity index (χ0n) is 12.6. The second-order valence-corrected chi connectivity index (χ2v) is 6.87. The quantitative estimate of drug-likeness (QED) is 0.523. The summed E-state index contributed by atoms with van der Waals surface area (Å²) in [5.41, 5.74) is -0.761. The molecule has 1 aromatic carbocycles. The summed E-state index contributed by atoms with van der Waals surface area (Å²) >= 11 is 5.56. The van der Waals surface area contributed by atoms with Crippen LogP contribution in [-0.2, 0) is 16.9 Å². The minimum atomic E-state index is -4.71. The van der Waals surface area contributed by atoms with Gasteiger partial charge in [-0.15, -0.1) is 0 Å². The Hall–Kier alpha value is -1.87. The molecule has 2 aromatic rings. The van der Waals surface area contributed by atoms with Crippen molar-refractivity contribution in [2.45, 2.75) is 12.3 Å². The molecule has 7 nitrogen and oxygen atoms in total. The van der Waals surface area contributed by atoms with Gasteiger partial charge in [-0.3, -0.25) is 4.57 Å². The molecule has 2 rings (SSSR count). The maximum atomic E-state index is 13.0. The summed E-state index contributed by atoms with van der Waals surface area (Å²) in [5, 5.41) is 2.07. The normalized spacial score (nSPS) is 12.1. The van der Waals surface area contributed by atoms with Gasteiger partial charge >= 0.3 is 13.8 Å². The molecule has 0 fully saturated rings. The molecule has 3 N–H and O–H groups in total. The Labute approximate surface area is 145 Å². The fourth-order valence-electron chi connectivity index (χ4n) is 1.97. The van der Waals surface area contributed by atoms with E-state index in [1.165, 1.54) is 25.3 Å². The topological polar surface area (TPSA) is 105 Å². The van der Waals surface area contributed by atoms with Crippen LogP contribution in [0, 0.1) is 0 Å². The van der Waals surface area contributed by atoms with Gasteiger partial charge in [0.15, 0.2) is 0 Å². The summed E-state index contributed by atoms with van der Waals surface area (Å²) in [7, 11) is -3.04. The fourth-order valence-corrected chi connectivity index (χ4v) is 2.77. The first-order valence-corrected chi connectivity index (χ1v) is 8.75. The van der Waals surface area contributed by atoms with Crippen LogP contribution in [0.1, 0.15) is 11.1 Å². The van der Waals surface area contributed by atoms with Crippen LogP contribution in [-0.4, -0.2) is 26.9 Å². The Kier molecular flexibility index (Phi) is 5.58. The lowest BCUT2D eigenvalue weighted by molar-refractivity contribution is -0.137. The average Bonchev–Trinajstić information content (AvgIpc) is 2.46. The van der Waals surface area contributed by atoms with Gasteiger partial charge in [0, 0.05) is 6.20 Å². The molecular formula is C13H12ClF3N3O4P. The molecule has 0 radical (unpaired) electrons. The fraction of sp³-hybridized carbons (Fsp3) is 0.231. The van der Waals surface area contributed by atoms with Crippen LogP contribution in [0.15, 0.2) is 24.4 Å². The van der Waals surface area contributed by atoms with Gasteiger partial charge in [-0.25, -0.2) is 4.98 Å². The molecule has 0 spiro atoms. The van der Waals surface area contributed by atoms with Gasteiger partial charge in [-0.1, -0.05) is 6.07 Å². The van der Waals surface area contributed by atoms with Gasteiger partial charge in [-0.05, 0) is 29.3 Å². The number of anilines is 2. The smallest absolute Gasteiger partial charge is 0.421 e. The second kappa shape index (κ2) is 7.17. The molecule has 12 heteroatoms. The maximum Gasteiger partial charge on any atom is 0.421 e. The third-order valence-corrected chi connectivity index (χ3v) is 3.93. The largest absolute Gasteiger partial charge is 0.495 e. The van der Waals surface area contributed by atoms with Crippen molar-refractivity contribution in [1.82, 2.24) is 9.97 Å². The van der Waals surface area contributed by atoms with E-state index in [1.54, 1.807) is 0 Å². The van der Waals surface area contributed by atoms with E-state index in [2.05, 4.69) is 15.3 Å². The third-order valence-electron chi connectivity index (χ3n) is 2.97. The number of benzene rings is 1. The van der Waals surface area contributed by atoms with Gasteiger partial charge in [0.25, 0.3) is 0 Å². The van der Waals surface area contributed by atoms with Crippen molar-refractivity contribution in [3.05, 3.63) is 40.8 Å². The summed E-state index contributed by atoms with van der Waals surface area (Å²) < 4.78 is 55.2. The van der Waals surface area contributed by atoms with E-state index in [1.807, 2.05) is 0 Å². The number of nitrogens with one attached hydrogen (secondary N) is 1. The van der Waals surface area contributed by atoms with E-state index >= 15 is 0 Å². The van der Waals surface area contributed by atoms with Gasteiger partial charge in [0.05, 0.1) is 19.0 Å². The van der Waals surface area contributed by atoms with E-state index in [9.17, 15) is 17.7 Å². The highest BCUT2D eigenvalue weighted by Crippen LogP contribution is 2.41. The number of hydrogen-bond acceptors (Lipinski definition) is 5. The molecule has 25 heavy (non-hydrogen) atoms. The van der Waals surface area contributed by atoms with Gasteiger partial charge in [0.1, 0.15) is 17.1 Å². The Bertz CT molecular complexity index is 829. The van der Waals surface area contributed by atoms with Crippen LogP contribution >= 0.6 is 19.2 Å². The third kappa shape index (κ3) is 5.30. The number of alkyl halides is 3. The first-order valence-electron chi connectivity index (χ1n) is 6.58. The molecule has 1 heterocycles. The van der Waals surface area contributed by atoms with Crippen molar-refractivity contribution < 1.29 is 32.3 Å². The lowest BCUT2D eigenvalue weighted by Crippen LogP contribution is -2.11. The number of methoxy groups -OCH3 is 1. The van der Waals surface area contributed by atoms with Crippen molar-refractivity contribution in [2.75, 3.05) is 12.4 Å². The van der Waals surface area contributed by atoms with Crippen LogP contribution < -0.4 is 10.1 Å². The Morgan fingerprint density at radius 1 is 1.36 bits per heavy atom. The zero-order chi connectivity index (χ0) is 18.8. The summed E-state index contributed by atoms with van der Waals surface area (Å²) in [6, 6.07) is 3.97. The molecule has 0 aliphatic heterocycles. The Morgan fingerprint density at radius 2 is 2.04 bits per heavy atom. The number of halogens is 4. The number of hydrogen-bond donors (Lipinski definition) is 3. The van der Waals surface area contributed by atoms with Crippen molar-refractivity contribution in [3.63, 3.8) is 0 Å². The van der Waals surface area contributed by atoms with E-state index in [4.69, 9.17) is 26.1 Å². The van der Waals surface area contributed by atoms with Crippen molar-refractivity contribution in [3.8, 4) is 5.75 Å². The zero-order valence-corrected chi connectivity index (χ0v) is 14.2. The van der Waals surface area contributed by atoms with Crippen molar-refractivity contribution in [2.24, 2.45) is 0 Å². The molecule has 0 aliphatic carbocycles. The van der Waals surface area contributed by atoms with Gasteiger partial charge < -0.3 is 19.8 Å². The molecule has 136 valence electrons. The second-order valence-electron chi connectivity index (χ2n) is 4.88. The SMILES string of the molecule is COc1cc(CP(=O)(O)O)ccc1Nc1nc(Cl)ncc1C(F)(F)F. The van der Waals surface area contributed by atoms with Gasteiger partial charge in [-0.2, -0.15) is 18.2 Å². The molecule has 0 amide bonds. The van der Waals surface area contributed by atoms with E-state index < -0.39 is 31.3 Å². The number of nitrogens with zero attached hydrogens (tertiary/aromatic N) is 2. The molecule has 1 aromatic heterocycles. The monoisotopic (exact) mass is 397 g/mol. The molecule has 0 saturated heterocycles. The molecular weight excluding hydrogens is 386 g/mol. The van der Waals surface area contributed by atoms with Crippen LogP contribution in [0.25, 0.3) is 0 Å². The Balaban J connectivity index is 2.41. The standard InChI is InChI=1S/C13H12ClF3N3O4P/c1-24-10-4-7(6-25(21,22)23)2-3-9(10)19-11-8(13(15,16)17)5-18-12(14)20-11/h2-5H,6H2,1H3,(H,18,19,20)(H2,21,22,23). The molecule has 0 atom stereocenters. The summed E-state index contributed by atoms with van der Waals surface area (Å²) in [6.45, 7) is 0. The van der Waals surface area contributed by atoms with Crippen LogP contribution in [0.3, 0.4) is 0 Å². The highest BCUT2D eigenvalue weighted by Gasteiger charge is 2.35. The molecule has 0 saturated carbocycles. The van der Waals surface area contributed by atoms with E-state index in [0.717, 1.165) is 0 Å². The molecule has 0 bridgehead atoms. The number of ether oxygens (including phenoxy) is 1. The van der Waals surface area contributed by atoms with Crippen LogP contribution in [0.2, 0.25) is 5.28 Å². The average molecular weight is 398 g/mol. The summed E-state index contributed by atoms with van der Waals surface area (Å²) in [4.78, 5) is 24.8. The summed E-state index contributed by atoms with van der Waals surface area (Å²) in [5.74, 6) is -0.498. The Morgan fingerprint density at radius 3 is 2.60 bits per heavy atom. The lowest BCUT2D eigenvalue weighted by Gasteiger charge is -2.16. The molecule has 0 aliphatic rings. The number of aromatic nitrogens is 2. The van der Waals surface area contributed by atoms with Crippen molar-refractivity contribution >= 4 is 30.7 Å². The van der Waals surface area contributed by atoms with E-state index in [0.29, 0.717) is 6.20 Å². The van der Waals surface area contributed by atoms with E-state index in [-0.39, 0.29) is 22.3 Å². The van der Waals surface area contributed by atoms with Crippen LogP contribution in [0.4, 0.5) is 24.7 Å². The first-order chi connectivity index (χ1) is 11.5. The molecule has 0 unspecified atom stereocenters. The number of rotatable bonds is 5. The minimum absolute atomic E-state index is 0.0776. The maximum absolute atomic E-state index is 13.0. The van der Waals surface area contributed by atoms with Crippen LogP contribution in [0.5, 0.6) is 5.75 Å². The first kappa shape index (κ1) is 19.5. The van der Waals surface area contributed by atoms with Crippen molar-refractivity contribution in [1.29, 1.82) is 0 Å². The predicted molar refractivity (Wildman–Crippen MR) is 84.1 cm³/mol. The predicted octanol–water partition coefficient (Wildman–Crippen LogP) is 3.58. The lowest BCUT2D eigenvalue weighted by atomic mass is 10.2. The highest BCUT2D eigenvalue weighted by molar-refractivity contribution is 7.50. The van der Waals surface area contributed by atoms with Gasteiger partial charge in [0.2, 0.25) is 5.28 Å². The highest BCUT2D eigenvalue weighted by atomic mass is 35.5. The minimum Gasteiger partial charge on any atom is -0.495 e. The summed E-state index contributed by atoms with van der Waals surface area (Å²) in [6.07, 6.45) is -4.69.